The molecule has 61 heavy (non-hydrogen) atoms. The van der Waals surface area contributed by atoms with Crippen LogP contribution in [0.3, 0.4) is 0 Å². The average molecular weight is 801 g/mol. The molecule has 9 aromatic carbocycles. The van der Waals surface area contributed by atoms with E-state index < -0.39 is 0 Å². The van der Waals surface area contributed by atoms with E-state index in [9.17, 15) is 0 Å². The van der Waals surface area contributed by atoms with E-state index >= 15 is 0 Å². The number of aromatic nitrogens is 2. The minimum Gasteiger partial charge on any atom is -0.456 e. The third-order valence-corrected chi connectivity index (χ3v) is 13.0. The maximum atomic E-state index is 6.40. The van der Waals surface area contributed by atoms with Gasteiger partial charge in [0.25, 0.3) is 0 Å². The number of benzene rings is 9. The Morgan fingerprint density at radius 2 is 0.787 bits per heavy atom. The molecular formula is C54H32N4O2S. The van der Waals surface area contributed by atoms with E-state index in [1.165, 1.54) is 16.2 Å². The monoisotopic (exact) mass is 800 g/mol. The molecule has 0 saturated carbocycles. The van der Waals surface area contributed by atoms with E-state index in [1.807, 2.05) is 30.3 Å². The van der Waals surface area contributed by atoms with Gasteiger partial charge >= 0.3 is 0 Å². The minimum absolute atomic E-state index is 0.724. The van der Waals surface area contributed by atoms with Crippen molar-refractivity contribution in [1.29, 1.82) is 0 Å². The summed E-state index contributed by atoms with van der Waals surface area (Å²) in [6.07, 6.45) is 0. The number of para-hydroxylation sites is 2. The fourth-order valence-electron chi connectivity index (χ4n) is 8.99. The molecule has 0 fully saturated rings. The van der Waals surface area contributed by atoms with Crippen LogP contribution in [0, 0.1) is 0 Å². The number of furan rings is 2. The lowest BCUT2D eigenvalue weighted by Crippen LogP contribution is -2.12. The van der Waals surface area contributed by atoms with Crippen LogP contribution < -0.4 is 9.80 Å². The largest absolute Gasteiger partial charge is 0.456 e. The molecule has 0 aliphatic rings. The van der Waals surface area contributed by atoms with Crippen LogP contribution in [-0.2, 0) is 0 Å². The first-order valence-corrected chi connectivity index (χ1v) is 21.1. The molecule has 0 amide bonds. The van der Waals surface area contributed by atoms with Gasteiger partial charge in [0.1, 0.15) is 27.8 Å². The van der Waals surface area contributed by atoms with Crippen LogP contribution in [0.1, 0.15) is 0 Å². The van der Waals surface area contributed by atoms with Gasteiger partial charge in [0, 0.05) is 72.6 Å². The summed E-state index contributed by atoms with van der Waals surface area (Å²) in [6, 6.07) is 68.2. The summed E-state index contributed by atoms with van der Waals surface area (Å²) in [6.45, 7) is 0. The first kappa shape index (κ1) is 33.9. The number of hydrogen-bond donors (Lipinski definition) is 0. The summed E-state index contributed by atoms with van der Waals surface area (Å²) in [7, 11) is 0. The standard InChI is InChI=1S/C54H32N4O2S/c1-3-11-35-27-37(19-17-33(35)9-1)57(39-21-24-44-42-13-5-7-15-47(42)59-49(44)29-39)41-23-26-46-51(31-41)61-52-32-53(55-56-54(46)52)58(38-20-18-34-10-2-4-12-36(34)28-38)40-22-25-45-43-14-6-8-16-48(43)60-50(45)30-40/h1-32H. The molecule has 0 unspecified atom stereocenters. The number of rotatable bonds is 6. The Balaban J connectivity index is 0.961. The Labute approximate surface area is 352 Å². The third-order valence-electron chi connectivity index (χ3n) is 11.9. The summed E-state index contributed by atoms with van der Waals surface area (Å²) < 4.78 is 14.9. The van der Waals surface area contributed by atoms with Gasteiger partial charge in [-0.15, -0.1) is 21.5 Å². The predicted octanol–water partition coefficient (Wildman–Crippen LogP) is 15.9. The Kier molecular flexibility index (Phi) is 7.37. The molecule has 13 rings (SSSR count). The van der Waals surface area contributed by atoms with Gasteiger partial charge in [-0.25, -0.2) is 0 Å². The maximum absolute atomic E-state index is 6.40. The smallest absolute Gasteiger partial charge is 0.161 e. The van der Waals surface area contributed by atoms with Gasteiger partial charge in [-0.2, -0.15) is 0 Å². The highest BCUT2D eigenvalue weighted by Crippen LogP contribution is 2.44. The SMILES string of the molecule is c1ccc2cc(N(c3ccc4c(c3)oc3ccccc34)c3ccc4c(c3)sc3cc(N(c5ccc6ccccc6c5)c5ccc6c(c5)oc5ccccc56)nnc34)ccc2c1. The maximum Gasteiger partial charge on any atom is 0.161 e. The van der Waals surface area contributed by atoms with Crippen molar-refractivity contribution >= 4 is 131 Å². The van der Waals surface area contributed by atoms with Crippen molar-refractivity contribution in [3.63, 3.8) is 0 Å². The molecule has 286 valence electrons. The zero-order valence-electron chi connectivity index (χ0n) is 32.5. The van der Waals surface area contributed by atoms with Crippen molar-refractivity contribution in [2.75, 3.05) is 9.80 Å². The zero-order chi connectivity index (χ0) is 40.0. The number of anilines is 6. The second-order valence-electron chi connectivity index (χ2n) is 15.5. The molecule has 0 spiro atoms. The molecule has 0 N–H and O–H groups in total. The number of nitrogens with zero attached hydrogens (tertiary/aromatic N) is 4. The molecule has 0 aliphatic heterocycles. The quantitative estimate of drug-likeness (QED) is 0.167. The van der Waals surface area contributed by atoms with Crippen molar-refractivity contribution in [3.8, 4) is 0 Å². The first-order valence-electron chi connectivity index (χ1n) is 20.3. The van der Waals surface area contributed by atoms with Crippen LogP contribution in [0.2, 0.25) is 0 Å². The highest BCUT2D eigenvalue weighted by Gasteiger charge is 2.21. The lowest BCUT2D eigenvalue weighted by molar-refractivity contribution is 0.668. The fourth-order valence-corrected chi connectivity index (χ4v) is 10.1. The molecule has 4 aromatic heterocycles. The van der Waals surface area contributed by atoms with E-state index in [-0.39, 0.29) is 0 Å². The topological polar surface area (TPSA) is 58.5 Å². The Hall–Kier alpha value is -8.00. The van der Waals surface area contributed by atoms with Gasteiger partial charge in [0.15, 0.2) is 5.82 Å². The summed E-state index contributed by atoms with van der Waals surface area (Å²) in [5.41, 5.74) is 9.33. The van der Waals surface area contributed by atoms with Crippen molar-refractivity contribution < 1.29 is 8.83 Å². The van der Waals surface area contributed by atoms with E-state index in [0.29, 0.717) is 0 Å². The molecule has 0 atom stereocenters. The molecule has 13 aromatic rings. The van der Waals surface area contributed by atoms with E-state index in [0.717, 1.165) is 104 Å². The lowest BCUT2D eigenvalue weighted by Gasteiger charge is -2.26. The van der Waals surface area contributed by atoms with E-state index in [4.69, 9.17) is 19.0 Å². The van der Waals surface area contributed by atoms with Gasteiger partial charge in [-0.05, 0) is 100 Å². The molecular weight excluding hydrogens is 769 g/mol. The molecule has 0 saturated heterocycles. The number of thiophene rings is 1. The van der Waals surface area contributed by atoms with Gasteiger partial charge in [-0.3, -0.25) is 4.90 Å². The third kappa shape index (κ3) is 5.48. The summed E-state index contributed by atoms with van der Waals surface area (Å²) in [4.78, 5) is 4.49. The summed E-state index contributed by atoms with van der Waals surface area (Å²) in [5, 5.41) is 20.0. The molecule has 6 nitrogen and oxygen atoms in total. The number of fused-ring (bicyclic) bond motifs is 11. The summed E-state index contributed by atoms with van der Waals surface area (Å²) >= 11 is 1.73. The first-order chi connectivity index (χ1) is 30.2. The lowest BCUT2D eigenvalue weighted by atomic mass is 10.1. The van der Waals surface area contributed by atoms with Crippen LogP contribution in [0.4, 0.5) is 34.3 Å². The van der Waals surface area contributed by atoms with Crippen LogP contribution in [0.5, 0.6) is 0 Å². The Morgan fingerprint density at radius 3 is 1.41 bits per heavy atom. The molecule has 0 bridgehead atoms. The van der Waals surface area contributed by atoms with E-state index in [1.54, 1.807) is 11.3 Å². The van der Waals surface area contributed by atoms with Crippen molar-refractivity contribution in [1.82, 2.24) is 10.2 Å². The van der Waals surface area contributed by atoms with Crippen LogP contribution in [0.25, 0.3) is 85.7 Å². The van der Waals surface area contributed by atoms with Crippen molar-refractivity contribution in [2.24, 2.45) is 0 Å². The average Bonchev–Trinajstić information content (AvgIpc) is 3.99. The molecule has 0 aliphatic carbocycles. The Bertz CT molecular complexity index is 3630. The van der Waals surface area contributed by atoms with Gasteiger partial charge in [0.05, 0.1) is 10.4 Å². The normalized spacial score (nSPS) is 11.9. The van der Waals surface area contributed by atoms with Gasteiger partial charge in [-0.1, -0.05) is 97.1 Å². The minimum atomic E-state index is 0.724. The van der Waals surface area contributed by atoms with Crippen LogP contribution in [-0.4, -0.2) is 10.2 Å². The Morgan fingerprint density at radius 1 is 0.328 bits per heavy atom. The molecule has 4 heterocycles. The highest BCUT2D eigenvalue weighted by molar-refractivity contribution is 7.25. The van der Waals surface area contributed by atoms with Crippen molar-refractivity contribution in [3.05, 3.63) is 194 Å². The van der Waals surface area contributed by atoms with Crippen molar-refractivity contribution in [2.45, 2.75) is 0 Å². The fraction of sp³-hybridized carbons (Fsp3) is 0. The van der Waals surface area contributed by atoms with Crippen LogP contribution in [0.15, 0.2) is 203 Å². The van der Waals surface area contributed by atoms with Gasteiger partial charge < -0.3 is 13.7 Å². The predicted molar refractivity (Wildman–Crippen MR) is 254 cm³/mol. The number of hydrogen-bond acceptors (Lipinski definition) is 7. The summed E-state index contributed by atoms with van der Waals surface area (Å²) in [5.74, 6) is 0.724. The second-order valence-corrected chi connectivity index (χ2v) is 16.6. The zero-order valence-corrected chi connectivity index (χ0v) is 33.3. The second kappa shape index (κ2) is 13.3. The van der Waals surface area contributed by atoms with Gasteiger partial charge in [0.2, 0.25) is 0 Å². The highest BCUT2D eigenvalue weighted by atomic mass is 32.1. The molecule has 0 radical (unpaired) electrons. The van der Waals surface area contributed by atoms with E-state index in [2.05, 4.69) is 174 Å². The van der Waals surface area contributed by atoms with Crippen LogP contribution >= 0.6 is 11.3 Å². The molecule has 7 heteroatoms.